The Kier molecular flexibility index (Phi) is 2.49. The molecule has 0 fully saturated rings. The van der Waals surface area contributed by atoms with E-state index >= 15 is 0 Å². The Morgan fingerprint density at radius 1 is 1.31 bits per heavy atom. The first-order valence-corrected chi connectivity index (χ1v) is 6.77. The van der Waals surface area contributed by atoms with Gasteiger partial charge in [0.1, 0.15) is 0 Å². The van der Waals surface area contributed by atoms with Crippen LogP contribution in [0.4, 0.5) is 0 Å². The molecular weight excluding hydrogens is 214 g/mol. The van der Waals surface area contributed by atoms with Gasteiger partial charge in [0.25, 0.3) is 0 Å². The quantitative estimate of drug-likeness (QED) is 0.672. The Morgan fingerprint density at radius 3 is 3.00 bits per heavy atom. The predicted molar refractivity (Wildman–Crippen MR) is 71.3 cm³/mol. The van der Waals surface area contributed by atoms with Crippen molar-refractivity contribution < 1.29 is 0 Å². The number of fused-ring (bicyclic) bond motifs is 3. The van der Waals surface area contributed by atoms with Gasteiger partial charge in [-0.15, -0.1) is 11.3 Å². The minimum atomic E-state index is 0.666. The maximum absolute atomic E-state index is 2.47. The van der Waals surface area contributed by atoms with Gasteiger partial charge in [-0.25, -0.2) is 0 Å². The third-order valence-corrected chi connectivity index (χ3v) is 5.00. The third kappa shape index (κ3) is 1.57. The molecule has 2 heterocycles. The number of likely N-dealkylation sites (N-methyl/N-ethyl adjacent to an activating group) is 1. The maximum Gasteiger partial charge on any atom is 0.0348 e. The van der Waals surface area contributed by atoms with E-state index in [1.54, 1.807) is 10.4 Å². The van der Waals surface area contributed by atoms with Crippen LogP contribution < -0.4 is 0 Å². The van der Waals surface area contributed by atoms with Gasteiger partial charge in [-0.05, 0) is 43.8 Å². The van der Waals surface area contributed by atoms with Crippen LogP contribution >= 0.6 is 11.3 Å². The lowest BCUT2D eigenvalue weighted by Gasteiger charge is -2.21. The van der Waals surface area contributed by atoms with Crippen LogP contribution in [0.1, 0.15) is 17.4 Å². The Hall–Kier alpha value is -0.860. The van der Waals surface area contributed by atoms with Crippen molar-refractivity contribution >= 4 is 21.4 Å². The van der Waals surface area contributed by atoms with E-state index < -0.39 is 0 Å². The molecule has 1 atom stereocenters. The SMILES string of the molecule is CC1Cc2c(sc3ccccc23)CCN1C. The number of benzene rings is 1. The molecule has 0 N–H and O–H groups in total. The first-order chi connectivity index (χ1) is 7.75. The molecule has 16 heavy (non-hydrogen) atoms. The molecule has 1 nitrogen and oxygen atoms in total. The van der Waals surface area contributed by atoms with Gasteiger partial charge in [-0.3, -0.25) is 0 Å². The Morgan fingerprint density at radius 2 is 2.12 bits per heavy atom. The van der Waals surface area contributed by atoms with Crippen molar-refractivity contribution in [3.63, 3.8) is 0 Å². The van der Waals surface area contributed by atoms with E-state index in [2.05, 4.69) is 43.1 Å². The Balaban J connectivity index is 2.15. The number of thiophene rings is 1. The molecule has 1 aromatic heterocycles. The molecule has 0 saturated carbocycles. The fourth-order valence-corrected chi connectivity index (χ4v) is 3.75. The zero-order valence-electron chi connectivity index (χ0n) is 9.86. The van der Waals surface area contributed by atoms with Gasteiger partial charge in [-0.1, -0.05) is 18.2 Å². The summed E-state index contributed by atoms with van der Waals surface area (Å²) in [4.78, 5) is 4.08. The van der Waals surface area contributed by atoms with Crippen LogP contribution in [-0.2, 0) is 12.8 Å². The van der Waals surface area contributed by atoms with Crippen LogP contribution in [0.5, 0.6) is 0 Å². The maximum atomic E-state index is 2.47. The number of nitrogens with zero attached hydrogens (tertiary/aromatic N) is 1. The summed E-state index contributed by atoms with van der Waals surface area (Å²) in [6.45, 7) is 3.53. The van der Waals surface area contributed by atoms with Gasteiger partial charge in [0, 0.05) is 22.2 Å². The van der Waals surface area contributed by atoms with Crippen molar-refractivity contribution in [2.45, 2.75) is 25.8 Å². The average Bonchev–Trinajstić information content (AvgIpc) is 2.58. The highest BCUT2D eigenvalue weighted by Crippen LogP contribution is 2.34. The fourth-order valence-electron chi connectivity index (χ4n) is 2.52. The van der Waals surface area contributed by atoms with E-state index in [1.165, 1.54) is 29.5 Å². The highest BCUT2D eigenvalue weighted by atomic mass is 32.1. The summed E-state index contributed by atoms with van der Waals surface area (Å²) in [5.41, 5.74) is 1.61. The first-order valence-electron chi connectivity index (χ1n) is 5.95. The minimum absolute atomic E-state index is 0.666. The monoisotopic (exact) mass is 231 g/mol. The molecule has 0 bridgehead atoms. The zero-order valence-corrected chi connectivity index (χ0v) is 10.7. The summed E-state index contributed by atoms with van der Waals surface area (Å²) >= 11 is 1.99. The van der Waals surface area contributed by atoms with Crippen LogP contribution in [0, 0.1) is 0 Å². The molecule has 84 valence electrons. The molecule has 1 aromatic carbocycles. The summed E-state index contributed by atoms with van der Waals surface area (Å²) in [6.07, 6.45) is 2.42. The second-order valence-corrected chi connectivity index (χ2v) is 5.92. The largest absolute Gasteiger partial charge is 0.303 e. The van der Waals surface area contributed by atoms with Crippen LogP contribution in [0.25, 0.3) is 10.1 Å². The molecule has 1 unspecified atom stereocenters. The van der Waals surface area contributed by atoms with E-state index in [0.717, 1.165) is 0 Å². The molecule has 0 aliphatic carbocycles. The molecule has 2 aromatic rings. The smallest absolute Gasteiger partial charge is 0.0348 e. The first kappa shape index (κ1) is 10.3. The minimum Gasteiger partial charge on any atom is -0.303 e. The van der Waals surface area contributed by atoms with Gasteiger partial charge in [0.15, 0.2) is 0 Å². The topological polar surface area (TPSA) is 3.24 Å². The summed E-state index contributed by atoms with van der Waals surface area (Å²) in [5.74, 6) is 0. The van der Waals surface area contributed by atoms with Crippen LogP contribution in [0.2, 0.25) is 0 Å². The molecule has 1 aliphatic rings. The lowest BCUT2D eigenvalue weighted by Crippen LogP contribution is -2.30. The molecule has 2 heteroatoms. The summed E-state index contributed by atoms with van der Waals surface area (Å²) in [7, 11) is 2.24. The standard InChI is InChI=1S/C14H17NS/c1-10-9-12-11-5-3-4-6-13(11)16-14(12)7-8-15(10)2/h3-6,10H,7-9H2,1-2H3. The Labute approximate surface area is 101 Å². The second kappa shape index (κ2) is 3.86. The van der Waals surface area contributed by atoms with E-state index in [4.69, 9.17) is 0 Å². The normalized spacial score (nSPS) is 22.0. The summed E-state index contributed by atoms with van der Waals surface area (Å²) in [6, 6.07) is 9.51. The van der Waals surface area contributed by atoms with Crippen molar-refractivity contribution in [2.24, 2.45) is 0 Å². The van der Waals surface area contributed by atoms with Gasteiger partial charge in [0.2, 0.25) is 0 Å². The van der Waals surface area contributed by atoms with Crippen molar-refractivity contribution in [1.29, 1.82) is 0 Å². The van der Waals surface area contributed by atoms with Gasteiger partial charge in [-0.2, -0.15) is 0 Å². The molecule has 0 saturated heterocycles. The highest BCUT2D eigenvalue weighted by molar-refractivity contribution is 7.19. The number of rotatable bonds is 0. The highest BCUT2D eigenvalue weighted by Gasteiger charge is 2.20. The number of hydrogen-bond donors (Lipinski definition) is 0. The molecule has 1 aliphatic heterocycles. The third-order valence-electron chi connectivity index (χ3n) is 3.73. The van der Waals surface area contributed by atoms with Crippen LogP contribution in [-0.4, -0.2) is 24.5 Å². The number of hydrogen-bond acceptors (Lipinski definition) is 2. The van der Waals surface area contributed by atoms with Crippen molar-refractivity contribution in [3.8, 4) is 0 Å². The van der Waals surface area contributed by atoms with Crippen LogP contribution in [0.3, 0.4) is 0 Å². The zero-order chi connectivity index (χ0) is 11.1. The average molecular weight is 231 g/mol. The molecular formula is C14H17NS. The van der Waals surface area contributed by atoms with Crippen molar-refractivity contribution in [1.82, 2.24) is 4.90 Å². The summed E-state index contributed by atoms with van der Waals surface area (Å²) in [5, 5.41) is 1.49. The van der Waals surface area contributed by atoms with Gasteiger partial charge < -0.3 is 4.90 Å². The summed E-state index contributed by atoms with van der Waals surface area (Å²) < 4.78 is 1.46. The Bertz CT molecular complexity index is 514. The van der Waals surface area contributed by atoms with E-state index in [1.807, 2.05) is 11.3 Å². The predicted octanol–water partition coefficient (Wildman–Crippen LogP) is 3.32. The van der Waals surface area contributed by atoms with E-state index in [-0.39, 0.29) is 0 Å². The molecule has 3 rings (SSSR count). The lowest BCUT2D eigenvalue weighted by atomic mass is 10.0. The molecule has 0 amide bonds. The molecule has 0 spiro atoms. The molecule has 0 radical (unpaired) electrons. The van der Waals surface area contributed by atoms with Crippen molar-refractivity contribution in [2.75, 3.05) is 13.6 Å². The van der Waals surface area contributed by atoms with E-state index in [0.29, 0.717) is 6.04 Å². The lowest BCUT2D eigenvalue weighted by molar-refractivity contribution is 0.268. The fraction of sp³-hybridized carbons (Fsp3) is 0.429. The van der Waals surface area contributed by atoms with E-state index in [9.17, 15) is 0 Å². The van der Waals surface area contributed by atoms with Crippen LogP contribution in [0.15, 0.2) is 24.3 Å². The van der Waals surface area contributed by atoms with Crippen molar-refractivity contribution in [3.05, 3.63) is 34.7 Å². The van der Waals surface area contributed by atoms with Gasteiger partial charge >= 0.3 is 0 Å². The second-order valence-electron chi connectivity index (χ2n) is 4.78. The van der Waals surface area contributed by atoms with Gasteiger partial charge in [0.05, 0.1) is 0 Å².